The molecule has 0 fully saturated rings. The number of rotatable bonds is 4. The summed E-state index contributed by atoms with van der Waals surface area (Å²) in [5, 5.41) is 2.33. The number of fused-ring (bicyclic) bond motifs is 1. The first-order valence-electron chi connectivity index (χ1n) is 9.04. The molecule has 2 heterocycles. The minimum Gasteiger partial charge on any atom is -0.324 e. The third-order valence-corrected chi connectivity index (χ3v) is 4.86. The van der Waals surface area contributed by atoms with Gasteiger partial charge in [0.05, 0.1) is 17.6 Å². The predicted octanol–water partition coefficient (Wildman–Crippen LogP) is 2.29. The fourth-order valence-corrected chi connectivity index (χ4v) is 3.37. The normalized spacial score (nSPS) is 13.1. The van der Waals surface area contributed by atoms with E-state index in [0.717, 1.165) is 16.7 Å². The van der Waals surface area contributed by atoms with Gasteiger partial charge in [-0.3, -0.25) is 18.7 Å². The van der Waals surface area contributed by atoms with Gasteiger partial charge in [0.2, 0.25) is 5.91 Å². The summed E-state index contributed by atoms with van der Waals surface area (Å²) in [4.78, 5) is 41.9. The molecular formula is C19H20F3N5O3. The van der Waals surface area contributed by atoms with E-state index in [1.807, 2.05) is 0 Å². The Labute approximate surface area is 168 Å². The maximum Gasteiger partial charge on any atom is 0.418 e. The smallest absolute Gasteiger partial charge is 0.324 e. The van der Waals surface area contributed by atoms with E-state index in [4.69, 9.17) is 0 Å². The minimum atomic E-state index is -4.65. The summed E-state index contributed by atoms with van der Waals surface area (Å²) in [6, 6.07) is 3.60. The first kappa shape index (κ1) is 21.3. The molecule has 0 aliphatic carbocycles. The average molecular weight is 423 g/mol. The van der Waals surface area contributed by atoms with Crippen LogP contribution in [0.2, 0.25) is 0 Å². The Bertz CT molecular complexity index is 1240. The molecule has 0 aliphatic rings. The summed E-state index contributed by atoms with van der Waals surface area (Å²) < 4.78 is 43.2. The lowest BCUT2D eigenvalue weighted by Gasteiger charge is -2.23. The number of imidazole rings is 1. The van der Waals surface area contributed by atoms with Crippen LogP contribution in [-0.4, -0.2) is 24.6 Å². The lowest BCUT2D eigenvalue weighted by molar-refractivity contribution is -0.137. The van der Waals surface area contributed by atoms with Gasteiger partial charge in [-0.25, -0.2) is 9.78 Å². The van der Waals surface area contributed by atoms with Crippen LogP contribution in [0.5, 0.6) is 0 Å². The van der Waals surface area contributed by atoms with Crippen LogP contribution >= 0.6 is 0 Å². The largest absolute Gasteiger partial charge is 0.418 e. The molecule has 160 valence electrons. The van der Waals surface area contributed by atoms with Crippen molar-refractivity contribution in [3.05, 3.63) is 57.0 Å². The van der Waals surface area contributed by atoms with Crippen LogP contribution in [0, 0.1) is 5.92 Å². The molecule has 0 saturated heterocycles. The van der Waals surface area contributed by atoms with Gasteiger partial charge in [0, 0.05) is 14.1 Å². The van der Waals surface area contributed by atoms with E-state index < -0.39 is 40.9 Å². The molecule has 0 bridgehead atoms. The highest BCUT2D eigenvalue weighted by atomic mass is 19.4. The van der Waals surface area contributed by atoms with Crippen LogP contribution in [0.25, 0.3) is 11.2 Å². The second-order valence-corrected chi connectivity index (χ2v) is 7.25. The van der Waals surface area contributed by atoms with E-state index in [9.17, 15) is 27.6 Å². The average Bonchev–Trinajstić information content (AvgIpc) is 3.08. The number of para-hydroxylation sites is 1. The number of hydrogen-bond acceptors (Lipinski definition) is 4. The van der Waals surface area contributed by atoms with Crippen molar-refractivity contribution in [1.29, 1.82) is 0 Å². The molecule has 1 amide bonds. The molecule has 0 aliphatic heterocycles. The van der Waals surface area contributed by atoms with Gasteiger partial charge >= 0.3 is 11.9 Å². The molecule has 1 aromatic carbocycles. The quantitative estimate of drug-likeness (QED) is 0.697. The van der Waals surface area contributed by atoms with Crippen LogP contribution in [0.1, 0.15) is 25.5 Å². The summed E-state index contributed by atoms with van der Waals surface area (Å²) in [5.74, 6) is -1.14. The monoisotopic (exact) mass is 423 g/mol. The standard InChI is InChI=1S/C19H20F3N5O3/c1-10(2)13(16(28)24-12-8-6-5-7-11(12)19(20,21)22)27-9-23-15-14(27)17(29)26(4)18(30)25(15)3/h5-10,13H,1-4H3,(H,24,28). The van der Waals surface area contributed by atoms with Crippen molar-refractivity contribution < 1.29 is 18.0 Å². The second kappa shape index (κ2) is 7.47. The molecule has 0 radical (unpaired) electrons. The van der Waals surface area contributed by atoms with Crippen molar-refractivity contribution in [3.8, 4) is 0 Å². The zero-order chi connectivity index (χ0) is 22.4. The number of nitrogens with one attached hydrogen (secondary N) is 1. The van der Waals surface area contributed by atoms with Crippen molar-refractivity contribution in [3.63, 3.8) is 0 Å². The van der Waals surface area contributed by atoms with Crippen LogP contribution in [0.3, 0.4) is 0 Å². The highest BCUT2D eigenvalue weighted by molar-refractivity contribution is 5.95. The zero-order valence-electron chi connectivity index (χ0n) is 16.7. The van der Waals surface area contributed by atoms with Gasteiger partial charge < -0.3 is 9.88 Å². The number of anilines is 1. The van der Waals surface area contributed by atoms with E-state index in [1.54, 1.807) is 13.8 Å². The molecule has 1 unspecified atom stereocenters. The number of aromatic nitrogens is 4. The van der Waals surface area contributed by atoms with Gasteiger partial charge in [-0.15, -0.1) is 0 Å². The molecule has 3 aromatic rings. The van der Waals surface area contributed by atoms with Crippen molar-refractivity contribution in [2.75, 3.05) is 5.32 Å². The molecule has 30 heavy (non-hydrogen) atoms. The number of carbonyl (C=O) groups is 1. The number of halogens is 3. The first-order chi connectivity index (χ1) is 13.9. The zero-order valence-corrected chi connectivity index (χ0v) is 16.7. The molecule has 0 spiro atoms. The Morgan fingerprint density at radius 3 is 2.33 bits per heavy atom. The topological polar surface area (TPSA) is 90.9 Å². The van der Waals surface area contributed by atoms with E-state index in [2.05, 4.69) is 10.3 Å². The Morgan fingerprint density at radius 1 is 1.10 bits per heavy atom. The number of aryl methyl sites for hydroxylation is 1. The molecular weight excluding hydrogens is 403 g/mol. The molecule has 1 N–H and O–H groups in total. The summed E-state index contributed by atoms with van der Waals surface area (Å²) >= 11 is 0. The maximum atomic E-state index is 13.3. The van der Waals surface area contributed by atoms with Gasteiger partial charge in [-0.1, -0.05) is 26.0 Å². The Kier molecular flexibility index (Phi) is 5.31. The maximum absolute atomic E-state index is 13.3. The third-order valence-electron chi connectivity index (χ3n) is 4.86. The number of benzene rings is 1. The van der Waals surface area contributed by atoms with Crippen molar-refractivity contribution in [1.82, 2.24) is 18.7 Å². The second-order valence-electron chi connectivity index (χ2n) is 7.25. The molecule has 0 saturated carbocycles. The molecule has 8 nitrogen and oxygen atoms in total. The van der Waals surface area contributed by atoms with Crippen LogP contribution in [-0.2, 0) is 25.1 Å². The van der Waals surface area contributed by atoms with Crippen molar-refractivity contribution in [2.24, 2.45) is 20.0 Å². The number of carbonyl (C=O) groups excluding carboxylic acids is 1. The van der Waals surface area contributed by atoms with Crippen molar-refractivity contribution >= 4 is 22.8 Å². The summed E-state index contributed by atoms with van der Waals surface area (Å²) in [7, 11) is 2.73. The number of alkyl halides is 3. The Morgan fingerprint density at radius 2 is 1.73 bits per heavy atom. The molecule has 2 aromatic heterocycles. The fourth-order valence-electron chi connectivity index (χ4n) is 3.37. The van der Waals surface area contributed by atoms with E-state index >= 15 is 0 Å². The SMILES string of the molecule is CC(C)C(C(=O)Nc1ccccc1C(F)(F)F)n1cnc2c1c(=O)n(C)c(=O)n2C. The number of amides is 1. The summed E-state index contributed by atoms with van der Waals surface area (Å²) in [5.41, 5.74) is -2.50. The van der Waals surface area contributed by atoms with E-state index in [-0.39, 0.29) is 16.9 Å². The van der Waals surface area contributed by atoms with E-state index in [1.165, 1.54) is 41.7 Å². The number of hydrogen-bond donors (Lipinski definition) is 1. The highest BCUT2D eigenvalue weighted by Crippen LogP contribution is 2.35. The molecule has 11 heteroatoms. The number of nitrogens with zero attached hydrogens (tertiary/aromatic N) is 4. The van der Waals surface area contributed by atoms with Gasteiger partial charge in [-0.05, 0) is 18.1 Å². The van der Waals surface area contributed by atoms with Gasteiger partial charge in [0.25, 0.3) is 5.56 Å². The lowest BCUT2D eigenvalue weighted by Crippen LogP contribution is -2.39. The van der Waals surface area contributed by atoms with Gasteiger partial charge in [-0.2, -0.15) is 13.2 Å². The van der Waals surface area contributed by atoms with Crippen LogP contribution in [0.15, 0.2) is 40.2 Å². The third kappa shape index (κ3) is 3.51. The van der Waals surface area contributed by atoms with Crippen LogP contribution in [0.4, 0.5) is 18.9 Å². The predicted molar refractivity (Wildman–Crippen MR) is 104 cm³/mol. The Hall–Kier alpha value is -3.37. The highest BCUT2D eigenvalue weighted by Gasteiger charge is 2.35. The minimum absolute atomic E-state index is 0.0116. The van der Waals surface area contributed by atoms with Crippen molar-refractivity contribution in [2.45, 2.75) is 26.1 Å². The summed E-state index contributed by atoms with van der Waals surface area (Å²) in [6.45, 7) is 3.39. The van der Waals surface area contributed by atoms with Crippen LogP contribution < -0.4 is 16.6 Å². The molecule has 1 atom stereocenters. The summed E-state index contributed by atoms with van der Waals surface area (Å²) in [6.07, 6.45) is -3.40. The van der Waals surface area contributed by atoms with E-state index in [0.29, 0.717) is 0 Å². The van der Waals surface area contributed by atoms with Gasteiger partial charge in [0.1, 0.15) is 6.04 Å². The first-order valence-corrected chi connectivity index (χ1v) is 9.04. The fraction of sp³-hybridized carbons (Fsp3) is 0.368. The Balaban J connectivity index is 2.12. The van der Waals surface area contributed by atoms with Gasteiger partial charge in [0.15, 0.2) is 11.2 Å². The molecule has 3 rings (SSSR count). The lowest BCUT2D eigenvalue weighted by atomic mass is 10.0.